The van der Waals surface area contributed by atoms with E-state index in [2.05, 4.69) is 10.6 Å². The van der Waals surface area contributed by atoms with E-state index in [9.17, 15) is 9.59 Å². The lowest BCUT2D eigenvalue weighted by Gasteiger charge is -2.14. The highest BCUT2D eigenvalue weighted by molar-refractivity contribution is 6.31. The zero-order valence-electron chi connectivity index (χ0n) is 17.4. The molecule has 2 amide bonds. The van der Waals surface area contributed by atoms with Crippen LogP contribution in [0.15, 0.2) is 48.5 Å². The maximum Gasteiger partial charge on any atom is 0.259 e. The van der Waals surface area contributed by atoms with Gasteiger partial charge in [0, 0.05) is 16.3 Å². The Bertz CT molecular complexity index is 1200. The van der Waals surface area contributed by atoms with E-state index in [0.717, 1.165) is 0 Å². The molecule has 1 heterocycles. The van der Waals surface area contributed by atoms with E-state index in [1.54, 1.807) is 30.3 Å². The topological polar surface area (TPSA) is 95.1 Å². The highest BCUT2D eigenvalue weighted by atomic mass is 35.5. The maximum atomic E-state index is 12.9. The van der Waals surface area contributed by atoms with Gasteiger partial charge in [-0.15, -0.1) is 0 Å². The van der Waals surface area contributed by atoms with Gasteiger partial charge in [0.15, 0.2) is 17.2 Å². The van der Waals surface area contributed by atoms with Gasteiger partial charge in [0.1, 0.15) is 5.75 Å². The average Bonchev–Trinajstić information content (AvgIpc) is 2.93. The molecule has 0 unspecified atom stereocenters. The number of hydrogen-bond acceptors (Lipinski definition) is 6. The summed E-state index contributed by atoms with van der Waals surface area (Å²) in [5.74, 6) is 1.10. The van der Waals surface area contributed by atoms with Crippen molar-refractivity contribution in [1.82, 2.24) is 0 Å². The molecule has 3 aromatic rings. The van der Waals surface area contributed by atoms with E-state index in [1.165, 1.54) is 39.5 Å². The zero-order valence-corrected chi connectivity index (χ0v) is 18.2. The van der Waals surface area contributed by atoms with Crippen LogP contribution in [0.2, 0.25) is 5.02 Å². The molecule has 0 saturated carbocycles. The van der Waals surface area contributed by atoms with Crippen molar-refractivity contribution in [3.8, 4) is 28.7 Å². The minimum atomic E-state index is -0.422. The minimum absolute atomic E-state index is 0.264. The second-order valence-electron chi connectivity index (χ2n) is 6.78. The monoisotopic (exact) mass is 454 g/mol. The van der Waals surface area contributed by atoms with Crippen molar-refractivity contribution in [2.45, 2.75) is 0 Å². The third-order valence-electron chi connectivity index (χ3n) is 4.82. The summed E-state index contributed by atoms with van der Waals surface area (Å²) in [4.78, 5) is 25.6. The van der Waals surface area contributed by atoms with Crippen LogP contribution in [-0.4, -0.2) is 33.1 Å². The van der Waals surface area contributed by atoms with Crippen molar-refractivity contribution in [3.05, 3.63) is 64.7 Å². The van der Waals surface area contributed by atoms with Gasteiger partial charge >= 0.3 is 0 Å². The zero-order chi connectivity index (χ0) is 22.8. The molecule has 4 rings (SSSR count). The summed E-state index contributed by atoms with van der Waals surface area (Å²) in [6.45, 7) is 0. The van der Waals surface area contributed by atoms with Gasteiger partial charge in [0.05, 0.1) is 32.6 Å². The first-order chi connectivity index (χ1) is 15.4. The normalized spacial score (nSPS) is 11.8. The quantitative estimate of drug-likeness (QED) is 0.564. The largest absolute Gasteiger partial charge is 0.493 e. The molecule has 0 bridgehead atoms. The number of rotatable bonds is 5. The molecular weight excluding hydrogens is 436 g/mol. The van der Waals surface area contributed by atoms with Crippen LogP contribution in [0, 0.1) is 0 Å². The van der Waals surface area contributed by atoms with Gasteiger partial charge in [-0.1, -0.05) is 11.6 Å². The second kappa shape index (κ2) is 8.68. The average molecular weight is 455 g/mol. The van der Waals surface area contributed by atoms with Crippen LogP contribution in [0.4, 0.5) is 11.4 Å². The number of anilines is 2. The number of ether oxygens (including phenoxy) is 4. The van der Waals surface area contributed by atoms with Crippen LogP contribution in [0.1, 0.15) is 20.7 Å². The molecule has 1 aliphatic rings. The molecule has 0 radical (unpaired) electrons. The van der Waals surface area contributed by atoms with Gasteiger partial charge in [-0.3, -0.25) is 9.59 Å². The van der Waals surface area contributed by atoms with Crippen LogP contribution >= 0.6 is 11.6 Å². The molecule has 0 aromatic heterocycles. The van der Waals surface area contributed by atoms with Crippen LogP contribution < -0.4 is 29.6 Å². The number of carbonyl (C=O) groups excluding carboxylic acids is 2. The van der Waals surface area contributed by atoms with Crippen LogP contribution in [0.25, 0.3) is 0 Å². The molecule has 164 valence electrons. The second-order valence-corrected chi connectivity index (χ2v) is 7.21. The third kappa shape index (κ3) is 4.00. The van der Waals surface area contributed by atoms with Crippen molar-refractivity contribution < 1.29 is 28.5 Å². The fourth-order valence-electron chi connectivity index (χ4n) is 3.29. The molecule has 2 N–H and O–H groups in total. The Hall–Kier alpha value is -3.91. The number of fused-ring (bicyclic) bond motifs is 2. The van der Waals surface area contributed by atoms with Crippen LogP contribution in [-0.2, 0) is 0 Å². The lowest BCUT2D eigenvalue weighted by molar-refractivity contribution is 0.101. The molecule has 3 aromatic carbocycles. The standard InChI is InChI=1S/C23H19ClN2O6/c1-29-19-8-12(9-20(30-2)21(19)31-3)22(27)25-14-5-7-17-15(11-14)23(28)26-16-10-13(24)4-6-18(16)32-17/h4-11H,1-3H3,(H,25,27)(H,26,28). The van der Waals surface area contributed by atoms with Gasteiger partial charge in [0.2, 0.25) is 5.75 Å². The minimum Gasteiger partial charge on any atom is -0.493 e. The van der Waals surface area contributed by atoms with Crippen molar-refractivity contribution >= 4 is 34.8 Å². The predicted molar refractivity (Wildman–Crippen MR) is 120 cm³/mol. The van der Waals surface area contributed by atoms with E-state index >= 15 is 0 Å². The van der Waals surface area contributed by atoms with E-state index in [1.807, 2.05) is 0 Å². The summed E-state index contributed by atoms with van der Waals surface area (Å²) in [7, 11) is 4.42. The number of nitrogens with one attached hydrogen (secondary N) is 2. The van der Waals surface area contributed by atoms with E-state index in [4.69, 9.17) is 30.5 Å². The van der Waals surface area contributed by atoms with Crippen molar-refractivity contribution in [2.75, 3.05) is 32.0 Å². The Morgan fingerprint density at radius 1 is 0.938 bits per heavy atom. The summed E-state index contributed by atoms with van der Waals surface area (Å²) >= 11 is 6.01. The van der Waals surface area contributed by atoms with Crippen molar-refractivity contribution in [2.24, 2.45) is 0 Å². The highest BCUT2D eigenvalue weighted by Gasteiger charge is 2.22. The van der Waals surface area contributed by atoms with Gasteiger partial charge in [0.25, 0.3) is 11.8 Å². The Morgan fingerprint density at radius 2 is 1.62 bits per heavy atom. The van der Waals surface area contributed by atoms with E-state index < -0.39 is 5.91 Å². The molecule has 32 heavy (non-hydrogen) atoms. The first kappa shape index (κ1) is 21.3. The first-order valence-electron chi connectivity index (χ1n) is 9.47. The number of carbonyl (C=O) groups is 2. The first-order valence-corrected chi connectivity index (χ1v) is 9.85. The number of amides is 2. The van der Waals surface area contributed by atoms with Crippen LogP contribution in [0.5, 0.6) is 28.7 Å². The molecule has 9 heteroatoms. The fraction of sp³-hybridized carbons (Fsp3) is 0.130. The molecule has 0 atom stereocenters. The number of methoxy groups -OCH3 is 3. The van der Waals surface area contributed by atoms with Gasteiger partial charge in [-0.25, -0.2) is 0 Å². The summed E-state index contributed by atoms with van der Waals surface area (Å²) in [5.41, 5.74) is 1.42. The van der Waals surface area contributed by atoms with E-state index in [-0.39, 0.29) is 17.0 Å². The van der Waals surface area contributed by atoms with Gasteiger partial charge < -0.3 is 29.6 Å². The number of halogens is 1. The predicted octanol–water partition coefficient (Wildman–Crippen LogP) is 4.98. The molecular formula is C23H19ClN2O6. The lowest BCUT2D eigenvalue weighted by atomic mass is 10.1. The van der Waals surface area contributed by atoms with Gasteiger partial charge in [-0.2, -0.15) is 0 Å². The highest BCUT2D eigenvalue weighted by Crippen LogP contribution is 2.39. The maximum absolute atomic E-state index is 12.9. The van der Waals surface area contributed by atoms with Crippen LogP contribution in [0.3, 0.4) is 0 Å². The van der Waals surface area contributed by atoms with E-state index in [0.29, 0.717) is 45.1 Å². The summed E-state index contributed by atoms with van der Waals surface area (Å²) in [6.07, 6.45) is 0. The molecule has 1 aliphatic heterocycles. The summed E-state index contributed by atoms with van der Waals surface area (Å²) < 4.78 is 21.7. The third-order valence-corrected chi connectivity index (χ3v) is 5.05. The lowest BCUT2D eigenvalue weighted by Crippen LogP contribution is -2.14. The molecule has 0 saturated heterocycles. The summed E-state index contributed by atoms with van der Waals surface area (Å²) in [5, 5.41) is 6.01. The Labute approximate surface area is 189 Å². The van der Waals surface area contributed by atoms with Gasteiger partial charge in [-0.05, 0) is 48.5 Å². The number of hydrogen-bond donors (Lipinski definition) is 2. The Morgan fingerprint density at radius 3 is 2.28 bits per heavy atom. The van der Waals surface area contributed by atoms with Crippen molar-refractivity contribution in [1.29, 1.82) is 0 Å². The molecule has 0 fully saturated rings. The summed E-state index contributed by atoms with van der Waals surface area (Å²) in [6, 6.07) is 12.8. The SMILES string of the molecule is COc1cc(C(=O)Nc2ccc3c(c2)C(=O)Nc2cc(Cl)ccc2O3)cc(OC)c1OC. The number of benzene rings is 3. The molecule has 8 nitrogen and oxygen atoms in total. The Balaban J connectivity index is 1.62. The fourth-order valence-corrected chi connectivity index (χ4v) is 3.46. The molecule has 0 aliphatic carbocycles. The smallest absolute Gasteiger partial charge is 0.259 e. The molecule has 0 spiro atoms. The van der Waals surface area contributed by atoms with Crippen molar-refractivity contribution in [3.63, 3.8) is 0 Å². The Kier molecular flexibility index (Phi) is 5.79.